The van der Waals surface area contributed by atoms with E-state index in [-0.39, 0.29) is 5.92 Å². The van der Waals surface area contributed by atoms with Gasteiger partial charge in [0.1, 0.15) is 0 Å². The monoisotopic (exact) mass is 238 g/mol. The molecule has 2 bridgehead atoms. The molecule has 3 fully saturated rings. The van der Waals surface area contributed by atoms with Crippen molar-refractivity contribution in [1.29, 1.82) is 0 Å². The Labute approximate surface area is 103 Å². The van der Waals surface area contributed by atoms with Gasteiger partial charge in [-0.05, 0) is 32.7 Å². The highest BCUT2D eigenvalue weighted by molar-refractivity contribution is 5.79. The molecule has 0 aromatic carbocycles. The number of hydrogen-bond acceptors (Lipinski definition) is 3. The summed E-state index contributed by atoms with van der Waals surface area (Å²) in [5, 5.41) is 0. The van der Waals surface area contributed by atoms with Gasteiger partial charge >= 0.3 is 0 Å². The van der Waals surface area contributed by atoms with E-state index in [1.807, 2.05) is 4.90 Å². The summed E-state index contributed by atoms with van der Waals surface area (Å²) < 4.78 is 5.31. The van der Waals surface area contributed by atoms with E-state index in [4.69, 9.17) is 4.74 Å². The second-order valence-electron chi connectivity index (χ2n) is 5.66. The van der Waals surface area contributed by atoms with E-state index in [2.05, 4.69) is 11.9 Å². The molecule has 4 nitrogen and oxygen atoms in total. The van der Waals surface area contributed by atoms with Gasteiger partial charge in [0.25, 0.3) is 0 Å². The molecule has 17 heavy (non-hydrogen) atoms. The zero-order valence-corrected chi connectivity index (χ0v) is 10.6. The lowest BCUT2D eigenvalue weighted by Crippen LogP contribution is -2.49. The summed E-state index contributed by atoms with van der Waals surface area (Å²) in [6.07, 6.45) is 4.72. The van der Waals surface area contributed by atoms with Crippen LogP contribution in [0, 0.1) is 5.92 Å². The van der Waals surface area contributed by atoms with E-state index in [0.29, 0.717) is 31.2 Å². The number of nitrogens with zero attached hydrogens (tertiary/aromatic N) is 2. The molecule has 3 rings (SSSR count). The standard InChI is InChI=1S/C13H22N2O2/c1-14-11-2-3-12(14)9-10(8-11)13(16)15-4-6-17-7-5-15/h10-12H,2-9H2,1H3/t10-,11-,12+. The van der Waals surface area contributed by atoms with Gasteiger partial charge in [-0.15, -0.1) is 0 Å². The van der Waals surface area contributed by atoms with Crippen LogP contribution in [0.1, 0.15) is 25.7 Å². The van der Waals surface area contributed by atoms with Gasteiger partial charge in [-0.1, -0.05) is 0 Å². The van der Waals surface area contributed by atoms with Gasteiger partial charge in [-0.3, -0.25) is 4.79 Å². The van der Waals surface area contributed by atoms with Gasteiger partial charge < -0.3 is 14.5 Å². The maximum absolute atomic E-state index is 12.4. The number of carbonyl (C=O) groups is 1. The third-order valence-electron chi connectivity index (χ3n) is 4.77. The predicted molar refractivity (Wildman–Crippen MR) is 64.7 cm³/mol. The second kappa shape index (κ2) is 4.58. The average molecular weight is 238 g/mol. The molecule has 3 atom stereocenters. The number of hydrogen-bond donors (Lipinski definition) is 0. The first-order chi connectivity index (χ1) is 8.25. The molecule has 0 aromatic rings. The lowest BCUT2D eigenvalue weighted by Gasteiger charge is -2.38. The van der Waals surface area contributed by atoms with E-state index in [1.54, 1.807) is 0 Å². The molecular weight excluding hydrogens is 216 g/mol. The van der Waals surface area contributed by atoms with E-state index in [9.17, 15) is 4.79 Å². The Balaban J connectivity index is 1.63. The molecule has 0 unspecified atom stereocenters. The van der Waals surface area contributed by atoms with Gasteiger partial charge in [-0.25, -0.2) is 0 Å². The molecule has 96 valence electrons. The van der Waals surface area contributed by atoms with Crippen LogP contribution in [-0.4, -0.2) is 61.1 Å². The highest BCUT2D eigenvalue weighted by Crippen LogP contribution is 2.38. The number of fused-ring (bicyclic) bond motifs is 2. The molecule has 0 saturated carbocycles. The van der Waals surface area contributed by atoms with Crippen LogP contribution in [0.15, 0.2) is 0 Å². The van der Waals surface area contributed by atoms with Crippen molar-refractivity contribution in [3.05, 3.63) is 0 Å². The van der Waals surface area contributed by atoms with Gasteiger partial charge in [0.15, 0.2) is 0 Å². The maximum Gasteiger partial charge on any atom is 0.225 e. The van der Waals surface area contributed by atoms with Crippen LogP contribution in [0.2, 0.25) is 0 Å². The number of ether oxygens (including phenoxy) is 1. The molecule has 0 radical (unpaired) electrons. The Morgan fingerprint density at radius 3 is 2.29 bits per heavy atom. The number of morpholine rings is 1. The van der Waals surface area contributed by atoms with E-state index >= 15 is 0 Å². The van der Waals surface area contributed by atoms with E-state index in [1.165, 1.54) is 12.8 Å². The van der Waals surface area contributed by atoms with Crippen molar-refractivity contribution in [1.82, 2.24) is 9.80 Å². The second-order valence-corrected chi connectivity index (χ2v) is 5.66. The first-order valence-electron chi connectivity index (χ1n) is 6.84. The zero-order valence-electron chi connectivity index (χ0n) is 10.6. The molecule has 1 amide bonds. The highest BCUT2D eigenvalue weighted by Gasteiger charge is 2.41. The van der Waals surface area contributed by atoms with Crippen molar-refractivity contribution in [2.24, 2.45) is 5.92 Å². The summed E-state index contributed by atoms with van der Waals surface area (Å²) in [7, 11) is 2.22. The van der Waals surface area contributed by atoms with Crippen molar-refractivity contribution in [2.45, 2.75) is 37.8 Å². The van der Waals surface area contributed by atoms with Crippen LogP contribution < -0.4 is 0 Å². The van der Waals surface area contributed by atoms with Crippen LogP contribution >= 0.6 is 0 Å². The molecular formula is C13H22N2O2. The number of carbonyl (C=O) groups excluding carboxylic acids is 1. The van der Waals surface area contributed by atoms with Crippen molar-refractivity contribution in [2.75, 3.05) is 33.4 Å². The van der Waals surface area contributed by atoms with Crippen molar-refractivity contribution >= 4 is 5.91 Å². The minimum atomic E-state index is 0.279. The number of amides is 1. The normalized spacial score (nSPS) is 38.4. The smallest absolute Gasteiger partial charge is 0.225 e. The van der Waals surface area contributed by atoms with Crippen LogP contribution in [0.3, 0.4) is 0 Å². The van der Waals surface area contributed by atoms with E-state index in [0.717, 1.165) is 25.9 Å². The lowest BCUT2D eigenvalue weighted by atomic mass is 9.90. The Hall–Kier alpha value is -0.610. The van der Waals surface area contributed by atoms with Crippen LogP contribution in [-0.2, 0) is 9.53 Å². The molecule has 0 aromatic heterocycles. The third-order valence-corrected chi connectivity index (χ3v) is 4.77. The maximum atomic E-state index is 12.4. The van der Waals surface area contributed by atoms with E-state index < -0.39 is 0 Å². The summed E-state index contributed by atoms with van der Waals surface area (Å²) in [6.45, 7) is 3.01. The van der Waals surface area contributed by atoms with Crippen LogP contribution in [0.5, 0.6) is 0 Å². The van der Waals surface area contributed by atoms with Crippen molar-refractivity contribution in [3.63, 3.8) is 0 Å². The summed E-state index contributed by atoms with van der Waals surface area (Å²) in [6, 6.07) is 1.31. The van der Waals surface area contributed by atoms with Crippen LogP contribution in [0.25, 0.3) is 0 Å². The Bertz CT molecular complexity index is 288. The van der Waals surface area contributed by atoms with Crippen molar-refractivity contribution in [3.8, 4) is 0 Å². The number of rotatable bonds is 1. The SMILES string of the molecule is CN1[C@@H]2CC[C@H]1C[C@H](C(=O)N1CCOCC1)C2. The molecule has 3 aliphatic rings. The fourth-order valence-electron chi connectivity index (χ4n) is 3.66. The first kappa shape index (κ1) is 11.5. The molecule has 0 spiro atoms. The van der Waals surface area contributed by atoms with Crippen LogP contribution in [0.4, 0.5) is 0 Å². The minimum Gasteiger partial charge on any atom is -0.378 e. The van der Waals surface area contributed by atoms with Gasteiger partial charge in [0.05, 0.1) is 13.2 Å². The molecule has 0 N–H and O–H groups in total. The summed E-state index contributed by atoms with van der Waals surface area (Å²) in [5.74, 6) is 0.667. The quantitative estimate of drug-likeness (QED) is 0.675. The van der Waals surface area contributed by atoms with Gasteiger partial charge in [-0.2, -0.15) is 0 Å². The first-order valence-corrected chi connectivity index (χ1v) is 6.84. The molecule has 3 heterocycles. The van der Waals surface area contributed by atoms with Gasteiger partial charge in [0.2, 0.25) is 5.91 Å². The summed E-state index contributed by atoms with van der Waals surface area (Å²) in [5.41, 5.74) is 0. The molecule has 4 heteroatoms. The van der Waals surface area contributed by atoms with Crippen molar-refractivity contribution < 1.29 is 9.53 Å². The molecule has 0 aliphatic carbocycles. The third kappa shape index (κ3) is 2.08. The largest absolute Gasteiger partial charge is 0.378 e. The Kier molecular flexibility index (Phi) is 3.09. The Morgan fingerprint density at radius 2 is 1.71 bits per heavy atom. The fourth-order valence-corrected chi connectivity index (χ4v) is 3.66. The lowest BCUT2D eigenvalue weighted by molar-refractivity contribution is -0.142. The Morgan fingerprint density at radius 1 is 1.12 bits per heavy atom. The average Bonchev–Trinajstić information content (AvgIpc) is 2.61. The summed E-state index contributed by atoms with van der Waals surface area (Å²) >= 11 is 0. The zero-order chi connectivity index (χ0) is 11.8. The fraction of sp³-hybridized carbons (Fsp3) is 0.923. The predicted octanol–water partition coefficient (Wildman–Crippen LogP) is 0.718. The molecule has 3 saturated heterocycles. The van der Waals surface area contributed by atoms with Gasteiger partial charge in [0, 0.05) is 31.1 Å². The number of piperidine rings is 1. The minimum absolute atomic E-state index is 0.279. The molecule has 3 aliphatic heterocycles. The topological polar surface area (TPSA) is 32.8 Å². The summed E-state index contributed by atoms with van der Waals surface area (Å²) in [4.78, 5) is 16.9. The highest BCUT2D eigenvalue weighted by atomic mass is 16.5.